The third kappa shape index (κ3) is 4.98. The summed E-state index contributed by atoms with van der Waals surface area (Å²) in [6.45, 7) is 4.13. The summed E-state index contributed by atoms with van der Waals surface area (Å²) in [5.41, 5.74) is 5.69. The first-order valence-electron chi connectivity index (χ1n) is 13.3. The fraction of sp³-hybridized carbons (Fsp3) is 0.152. The number of benzene rings is 3. The first-order chi connectivity index (χ1) is 19.9. The van der Waals surface area contributed by atoms with E-state index in [1.165, 1.54) is 0 Å². The normalized spacial score (nSPS) is 16.5. The first-order valence-corrected chi connectivity index (χ1v) is 13.8. The smallest absolute Gasteiger partial charge is 0.174 e. The lowest BCUT2D eigenvalue weighted by Crippen LogP contribution is -2.29. The van der Waals surface area contributed by atoms with Crippen LogP contribution in [0, 0.1) is 13.8 Å². The van der Waals surface area contributed by atoms with Crippen LogP contribution in [0.3, 0.4) is 0 Å². The van der Waals surface area contributed by atoms with Crippen LogP contribution in [0.15, 0.2) is 103 Å². The second kappa shape index (κ2) is 11.0. The van der Waals surface area contributed by atoms with E-state index < -0.39 is 0 Å². The molecule has 1 aliphatic rings. The number of phenols is 1. The van der Waals surface area contributed by atoms with Gasteiger partial charge in [0.15, 0.2) is 5.11 Å². The van der Waals surface area contributed by atoms with Gasteiger partial charge in [0.2, 0.25) is 0 Å². The van der Waals surface area contributed by atoms with Crippen LogP contribution in [0.25, 0.3) is 5.69 Å². The number of rotatable bonds is 7. The maximum Gasteiger partial charge on any atom is 0.174 e. The summed E-state index contributed by atoms with van der Waals surface area (Å²) >= 11 is 5.93. The Morgan fingerprint density at radius 1 is 0.854 bits per heavy atom. The Labute approximate surface area is 244 Å². The molecule has 2 atom stereocenters. The minimum atomic E-state index is -0.184. The largest absolute Gasteiger partial charge is 0.506 e. The van der Waals surface area contributed by atoms with Crippen molar-refractivity contribution in [2.45, 2.75) is 25.9 Å². The molecule has 1 saturated heterocycles. The van der Waals surface area contributed by atoms with E-state index >= 15 is 0 Å². The topological polar surface area (TPSA) is 71.8 Å². The Hall–Kier alpha value is -4.82. The number of hydrogen-bond acceptors (Lipinski definition) is 5. The van der Waals surface area contributed by atoms with Crippen molar-refractivity contribution in [1.29, 1.82) is 0 Å². The highest BCUT2D eigenvalue weighted by atomic mass is 32.1. The van der Waals surface area contributed by atoms with Crippen molar-refractivity contribution in [2.75, 3.05) is 12.0 Å². The average Bonchev–Trinajstić information content (AvgIpc) is 3.49. The number of thiocarbonyl (C=S) groups is 1. The van der Waals surface area contributed by atoms with E-state index in [-0.39, 0.29) is 17.8 Å². The van der Waals surface area contributed by atoms with E-state index in [4.69, 9.17) is 21.7 Å². The van der Waals surface area contributed by atoms with Crippen LogP contribution < -0.4 is 19.7 Å². The molecular weight excluding hydrogens is 532 g/mol. The van der Waals surface area contributed by atoms with Crippen LogP contribution in [0.4, 0.5) is 5.69 Å². The van der Waals surface area contributed by atoms with Crippen LogP contribution >= 0.6 is 12.2 Å². The molecule has 5 aromatic rings. The van der Waals surface area contributed by atoms with Crippen molar-refractivity contribution in [3.8, 4) is 28.7 Å². The predicted molar refractivity (Wildman–Crippen MR) is 164 cm³/mol. The van der Waals surface area contributed by atoms with Crippen molar-refractivity contribution in [2.24, 2.45) is 0 Å². The third-order valence-corrected chi connectivity index (χ3v) is 7.73. The number of ether oxygens (including phenoxy) is 2. The fourth-order valence-corrected chi connectivity index (χ4v) is 5.86. The van der Waals surface area contributed by atoms with Gasteiger partial charge in [0, 0.05) is 23.3 Å². The first kappa shape index (κ1) is 26.4. The van der Waals surface area contributed by atoms with Gasteiger partial charge in [0.05, 0.1) is 30.6 Å². The van der Waals surface area contributed by atoms with Gasteiger partial charge in [-0.05, 0) is 110 Å². The maximum atomic E-state index is 10.7. The summed E-state index contributed by atoms with van der Waals surface area (Å²) in [5, 5.41) is 14.8. The van der Waals surface area contributed by atoms with E-state index in [1.54, 1.807) is 19.4 Å². The van der Waals surface area contributed by atoms with Crippen LogP contribution in [0.5, 0.6) is 23.0 Å². The molecule has 0 saturated carbocycles. The number of aryl methyl sites for hydroxylation is 1. The summed E-state index contributed by atoms with van der Waals surface area (Å²) in [4.78, 5) is 6.82. The molecule has 0 spiro atoms. The lowest BCUT2D eigenvalue weighted by molar-refractivity contribution is 0.413. The predicted octanol–water partition coefficient (Wildman–Crippen LogP) is 7.17. The number of aromatic nitrogens is 2. The molecule has 2 aromatic heterocycles. The highest BCUT2D eigenvalue weighted by molar-refractivity contribution is 7.80. The van der Waals surface area contributed by atoms with Gasteiger partial charge in [-0.1, -0.05) is 18.2 Å². The Balaban J connectivity index is 1.39. The second-order valence-electron chi connectivity index (χ2n) is 9.92. The number of aromatic hydroxyl groups is 1. The molecule has 0 unspecified atom stereocenters. The van der Waals surface area contributed by atoms with Gasteiger partial charge in [-0.2, -0.15) is 0 Å². The molecule has 0 radical (unpaired) electrons. The van der Waals surface area contributed by atoms with E-state index in [9.17, 15) is 5.11 Å². The lowest BCUT2D eigenvalue weighted by Gasteiger charge is -2.28. The van der Waals surface area contributed by atoms with Gasteiger partial charge >= 0.3 is 0 Å². The molecule has 0 aliphatic carbocycles. The Bertz CT molecular complexity index is 1680. The molecule has 7 nitrogen and oxygen atoms in total. The number of hydrogen-bond donors (Lipinski definition) is 2. The number of phenolic OH excluding ortho intramolecular Hbond substituents is 1. The zero-order valence-corrected chi connectivity index (χ0v) is 23.8. The van der Waals surface area contributed by atoms with Gasteiger partial charge in [-0.15, -0.1) is 0 Å². The number of para-hydroxylation sites is 2. The summed E-state index contributed by atoms with van der Waals surface area (Å²) in [6, 6.07) is 30.5. The third-order valence-electron chi connectivity index (χ3n) is 7.42. The summed E-state index contributed by atoms with van der Waals surface area (Å²) in [7, 11) is 1.64. The van der Waals surface area contributed by atoms with Crippen LogP contribution in [-0.4, -0.2) is 26.9 Å². The fourth-order valence-electron chi connectivity index (χ4n) is 5.51. The molecule has 0 amide bonds. The van der Waals surface area contributed by atoms with Gasteiger partial charge in [-0.25, -0.2) is 0 Å². The molecule has 0 bridgehead atoms. The number of methoxy groups -OCH3 is 1. The van der Waals surface area contributed by atoms with Crippen LogP contribution in [0.1, 0.15) is 34.7 Å². The van der Waals surface area contributed by atoms with Crippen molar-refractivity contribution in [3.63, 3.8) is 0 Å². The monoisotopic (exact) mass is 562 g/mol. The van der Waals surface area contributed by atoms with Crippen molar-refractivity contribution < 1.29 is 14.6 Å². The van der Waals surface area contributed by atoms with E-state index in [0.717, 1.165) is 45.5 Å². The number of pyridine rings is 1. The Morgan fingerprint density at radius 2 is 1.51 bits per heavy atom. The molecular formula is C33H30N4O3S. The molecule has 3 heterocycles. The number of nitrogens with one attached hydrogen (secondary N) is 1. The number of anilines is 1. The zero-order chi connectivity index (χ0) is 28.5. The van der Waals surface area contributed by atoms with Crippen LogP contribution in [0.2, 0.25) is 0 Å². The van der Waals surface area contributed by atoms with Crippen molar-refractivity contribution >= 4 is 23.0 Å². The van der Waals surface area contributed by atoms with Crippen molar-refractivity contribution in [3.05, 3.63) is 126 Å². The molecule has 1 fully saturated rings. The summed E-state index contributed by atoms with van der Waals surface area (Å²) in [5.74, 6) is 2.44. The molecule has 1 aliphatic heterocycles. The van der Waals surface area contributed by atoms with Gasteiger partial charge in [0.25, 0.3) is 0 Å². The minimum absolute atomic E-state index is 0.183. The molecule has 2 N–H and O–H groups in total. The van der Waals surface area contributed by atoms with E-state index in [1.807, 2.05) is 84.9 Å². The van der Waals surface area contributed by atoms with Gasteiger partial charge < -0.3 is 29.4 Å². The average molecular weight is 563 g/mol. The summed E-state index contributed by atoms with van der Waals surface area (Å²) < 4.78 is 13.4. The lowest BCUT2D eigenvalue weighted by atomic mass is 9.96. The molecule has 206 valence electrons. The Kier molecular flexibility index (Phi) is 7.07. The number of nitrogens with zero attached hydrogens (tertiary/aromatic N) is 3. The SMILES string of the molecule is COc1ccc(Oc2ccc(N3C(=S)N[C@@H](c4ccccn4)[C@H]3c3cc(C)n(-c4ccccc4O)c3C)cc2)cc1. The van der Waals surface area contributed by atoms with Crippen molar-refractivity contribution in [1.82, 2.24) is 14.9 Å². The van der Waals surface area contributed by atoms with Gasteiger partial charge in [-0.3, -0.25) is 4.98 Å². The minimum Gasteiger partial charge on any atom is -0.506 e. The van der Waals surface area contributed by atoms with Gasteiger partial charge in [0.1, 0.15) is 23.0 Å². The Morgan fingerprint density at radius 3 is 2.17 bits per heavy atom. The molecule has 6 rings (SSSR count). The maximum absolute atomic E-state index is 10.7. The highest BCUT2D eigenvalue weighted by Crippen LogP contribution is 2.44. The van der Waals surface area contributed by atoms with E-state index in [0.29, 0.717) is 10.9 Å². The molecule has 3 aromatic carbocycles. The quantitative estimate of drug-likeness (QED) is 0.204. The zero-order valence-electron chi connectivity index (χ0n) is 23.0. The van der Waals surface area contributed by atoms with E-state index in [2.05, 4.69) is 39.7 Å². The summed E-state index contributed by atoms with van der Waals surface area (Å²) in [6.07, 6.45) is 1.80. The van der Waals surface area contributed by atoms with Crippen LogP contribution in [-0.2, 0) is 0 Å². The standard InChI is InChI=1S/C33H30N4O3S/c1-21-20-27(22(2)36(21)29-9-4-5-10-30(29)38)32-31(28-8-6-7-19-34-28)35-33(41)37(32)23-11-13-25(14-12-23)40-26-17-15-24(39-3)16-18-26/h4-20,31-32,38H,1-3H3,(H,35,41)/t31-,32+/m0/s1. The highest BCUT2D eigenvalue weighted by Gasteiger charge is 2.42. The molecule has 8 heteroatoms. The second-order valence-corrected chi connectivity index (χ2v) is 10.3. The molecule has 41 heavy (non-hydrogen) atoms.